The van der Waals surface area contributed by atoms with E-state index in [1.54, 1.807) is 0 Å². The number of carbonyl (C=O) groups excluding carboxylic acids is 1. The van der Waals surface area contributed by atoms with Gasteiger partial charge in [-0.3, -0.25) is 4.79 Å². The van der Waals surface area contributed by atoms with Crippen LogP contribution in [-0.4, -0.2) is 15.9 Å². The second-order valence-corrected chi connectivity index (χ2v) is 12.3. The van der Waals surface area contributed by atoms with E-state index in [4.69, 9.17) is 10.1 Å². The van der Waals surface area contributed by atoms with E-state index in [1.807, 2.05) is 6.20 Å². The fourth-order valence-corrected chi connectivity index (χ4v) is 5.82. The Bertz CT molecular complexity index is 1740. The number of aliphatic hydroxyl groups is 1. The number of aromatic nitrogens is 1. The monoisotopic (exact) mass is 759 g/mol. The zero-order valence-electron chi connectivity index (χ0n) is 26.1. The topological polar surface area (TPSA) is 50.2 Å². The molecule has 0 aliphatic heterocycles. The quantitative estimate of drug-likeness (QED) is 0.113. The average molecular weight is 760 g/mol. The van der Waals surface area contributed by atoms with E-state index in [-0.39, 0.29) is 43.4 Å². The van der Waals surface area contributed by atoms with Crippen molar-refractivity contribution in [2.24, 2.45) is 0 Å². The van der Waals surface area contributed by atoms with Gasteiger partial charge in [-0.15, -0.1) is 29.3 Å². The number of rotatable bonds is 4. The first kappa shape index (κ1) is 32.8. The summed E-state index contributed by atoms with van der Waals surface area (Å²) in [5.74, 6) is -0.0625. The van der Waals surface area contributed by atoms with E-state index in [1.165, 1.54) is 64.4 Å². The molecular formula is C40H38NO2Pt-. The van der Waals surface area contributed by atoms with Crippen LogP contribution in [0.1, 0.15) is 52.7 Å². The molecule has 4 heteroatoms. The van der Waals surface area contributed by atoms with Crippen LogP contribution in [0.25, 0.3) is 44.6 Å². The molecule has 1 heterocycles. The molecule has 1 aromatic heterocycles. The molecule has 0 unspecified atom stereocenters. The maximum Gasteiger partial charge on any atom is 0.155 e. The van der Waals surface area contributed by atoms with Gasteiger partial charge >= 0.3 is 0 Å². The summed E-state index contributed by atoms with van der Waals surface area (Å²) < 4.78 is 0. The van der Waals surface area contributed by atoms with Crippen LogP contribution < -0.4 is 0 Å². The van der Waals surface area contributed by atoms with Crippen LogP contribution in [0.15, 0.2) is 121 Å². The largest absolute Gasteiger partial charge is 0.512 e. The third kappa shape index (κ3) is 6.54. The van der Waals surface area contributed by atoms with Crippen LogP contribution in [0, 0.1) is 6.07 Å². The van der Waals surface area contributed by atoms with Gasteiger partial charge in [-0.1, -0.05) is 123 Å². The minimum atomic E-state index is -0.125. The Morgan fingerprint density at radius 3 is 1.66 bits per heavy atom. The summed E-state index contributed by atoms with van der Waals surface area (Å²) in [6.07, 6.45) is 3.06. The smallest absolute Gasteiger partial charge is 0.155 e. The van der Waals surface area contributed by atoms with E-state index < -0.39 is 0 Å². The molecule has 6 rings (SSSR count). The van der Waals surface area contributed by atoms with E-state index in [0.717, 1.165) is 11.3 Å². The molecule has 0 fully saturated rings. The summed E-state index contributed by atoms with van der Waals surface area (Å²) in [5, 5.41) is 8.36. The number of ketones is 1. The number of aliphatic hydroxyl groups excluding tert-OH is 1. The van der Waals surface area contributed by atoms with Gasteiger partial charge in [-0.05, 0) is 64.8 Å². The van der Waals surface area contributed by atoms with Crippen LogP contribution in [0.4, 0.5) is 0 Å². The van der Waals surface area contributed by atoms with Crippen LogP contribution in [0.2, 0.25) is 0 Å². The molecule has 1 aliphatic rings. The van der Waals surface area contributed by atoms with Gasteiger partial charge in [0, 0.05) is 33.3 Å². The molecule has 0 radical (unpaired) electrons. The summed E-state index contributed by atoms with van der Waals surface area (Å²) >= 11 is 0. The van der Waals surface area contributed by atoms with Gasteiger partial charge < -0.3 is 10.1 Å². The Hall–Kier alpha value is -4.07. The molecule has 3 nitrogen and oxygen atoms in total. The molecule has 0 spiro atoms. The van der Waals surface area contributed by atoms with Crippen LogP contribution >= 0.6 is 0 Å². The van der Waals surface area contributed by atoms with Crippen molar-refractivity contribution in [1.29, 1.82) is 0 Å². The van der Waals surface area contributed by atoms with Crippen molar-refractivity contribution in [3.05, 3.63) is 138 Å². The molecular weight excluding hydrogens is 722 g/mol. The molecule has 0 saturated carbocycles. The zero-order valence-corrected chi connectivity index (χ0v) is 28.4. The van der Waals surface area contributed by atoms with Gasteiger partial charge in [-0.2, -0.15) is 0 Å². The number of fused-ring (bicyclic) bond motifs is 3. The Kier molecular flexibility index (Phi) is 9.91. The fourth-order valence-electron chi connectivity index (χ4n) is 5.82. The first-order chi connectivity index (χ1) is 20.5. The fraction of sp³-hybridized carbons (Fsp3) is 0.200. The summed E-state index contributed by atoms with van der Waals surface area (Å²) in [4.78, 5) is 14.8. The second kappa shape index (κ2) is 13.3. The third-order valence-corrected chi connectivity index (χ3v) is 8.79. The molecule has 44 heavy (non-hydrogen) atoms. The van der Waals surface area contributed by atoms with Crippen molar-refractivity contribution in [3.8, 4) is 44.6 Å². The predicted octanol–water partition coefficient (Wildman–Crippen LogP) is 10.2. The van der Waals surface area contributed by atoms with Crippen molar-refractivity contribution in [3.63, 3.8) is 0 Å². The Morgan fingerprint density at radius 1 is 0.682 bits per heavy atom. The van der Waals surface area contributed by atoms with Crippen molar-refractivity contribution in [2.75, 3.05) is 0 Å². The zero-order chi connectivity index (χ0) is 30.8. The van der Waals surface area contributed by atoms with E-state index >= 15 is 0 Å². The number of hydrogen-bond donors (Lipinski definition) is 1. The number of benzene rings is 4. The molecule has 0 atom stereocenters. The number of nitrogens with zero attached hydrogens (tertiary/aromatic N) is 1. The molecule has 226 valence electrons. The SMILES string of the molecule is CC(=O)/C=C(/C)O.CC1(C)c2cc(-c3cc(-c4ccccc4)cc(-c4ccccc4)c3)c[c-]c2-c2ncccc2C1(C)C.[Pt]. The molecule has 1 aliphatic carbocycles. The third-order valence-electron chi connectivity index (χ3n) is 8.79. The Morgan fingerprint density at radius 2 is 1.18 bits per heavy atom. The first-order valence-electron chi connectivity index (χ1n) is 14.7. The molecule has 0 amide bonds. The predicted molar refractivity (Wildman–Crippen MR) is 178 cm³/mol. The van der Waals surface area contributed by atoms with E-state index in [2.05, 4.69) is 137 Å². The second-order valence-electron chi connectivity index (χ2n) is 12.3. The molecule has 0 bridgehead atoms. The van der Waals surface area contributed by atoms with Gasteiger partial charge in [0.05, 0.1) is 5.76 Å². The van der Waals surface area contributed by atoms with Crippen molar-refractivity contribution < 1.29 is 31.0 Å². The maximum absolute atomic E-state index is 10.0. The standard InChI is InChI=1S/C35H30N.C5H8O2.Pt/c1-34(2)31-16-11-19-36-33(31)30-18-17-26(23-32(30)35(34,3)4)29-21-27(24-12-7-5-8-13-24)20-28(22-29)25-14-9-6-10-15-25;1-4(6)3-5(2)7;/h5-17,19-23H,1-4H3;3,6H,1-2H3;/q-1;;/b;4-3-;. The minimum Gasteiger partial charge on any atom is -0.512 e. The van der Waals surface area contributed by atoms with Crippen molar-refractivity contribution in [1.82, 2.24) is 4.98 Å². The number of hydrogen-bond acceptors (Lipinski definition) is 3. The van der Waals surface area contributed by atoms with E-state index in [0.29, 0.717) is 0 Å². The van der Waals surface area contributed by atoms with Gasteiger partial charge in [0.2, 0.25) is 0 Å². The Balaban J connectivity index is 0.000000497. The van der Waals surface area contributed by atoms with Gasteiger partial charge in [0.1, 0.15) is 0 Å². The van der Waals surface area contributed by atoms with Gasteiger partial charge in [0.15, 0.2) is 5.78 Å². The van der Waals surface area contributed by atoms with Crippen LogP contribution in [-0.2, 0) is 36.7 Å². The summed E-state index contributed by atoms with van der Waals surface area (Å²) in [6, 6.07) is 40.7. The average Bonchev–Trinajstić information content (AvgIpc) is 3.00. The number of carbonyl (C=O) groups is 1. The number of allylic oxidation sites excluding steroid dienone is 2. The Labute approximate surface area is 276 Å². The molecule has 0 saturated heterocycles. The molecule has 4 aromatic carbocycles. The first-order valence-corrected chi connectivity index (χ1v) is 14.7. The maximum atomic E-state index is 10.0. The summed E-state index contributed by atoms with van der Waals surface area (Å²) in [6.45, 7) is 12.2. The molecule has 5 aromatic rings. The van der Waals surface area contributed by atoms with Crippen LogP contribution in [0.5, 0.6) is 0 Å². The van der Waals surface area contributed by atoms with Gasteiger partial charge in [-0.25, -0.2) is 0 Å². The minimum absolute atomic E-state index is 0. The summed E-state index contributed by atoms with van der Waals surface area (Å²) in [7, 11) is 0. The molecule has 1 N–H and O–H groups in total. The normalized spacial score (nSPS) is 14.2. The van der Waals surface area contributed by atoms with Crippen molar-refractivity contribution >= 4 is 5.78 Å². The van der Waals surface area contributed by atoms with Crippen LogP contribution in [0.3, 0.4) is 0 Å². The summed E-state index contributed by atoms with van der Waals surface area (Å²) in [5.41, 5.74) is 11.9. The van der Waals surface area contributed by atoms with Crippen molar-refractivity contribution in [2.45, 2.75) is 52.4 Å². The van der Waals surface area contributed by atoms with E-state index in [9.17, 15) is 4.79 Å². The number of pyridine rings is 1. The van der Waals surface area contributed by atoms with Gasteiger partial charge in [0.25, 0.3) is 0 Å².